The minimum absolute atomic E-state index is 0.543. The maximum atomic E-state index is 5.22. The molecule has 2 aromatic heterocycles. The maximum Gasteiger partial charge on any atom is 0.113 e. The number of aryl methyl sites for hydroxylation is 2. The van der Waals surface area contributed by atoms with E-state index in [1.807, 2.05) is 16.0 Å². The zero-order valence-electron chi connectivity index (χ0n) is 12.0. The molecule has 108 valence electrons. The molecule has 3 heterocycles. The van der Waals surface area contributed by atoms with E-state index in [0.717, 1.165) is 38.3 Å². The first-order chi connectivity index (χ1) is 9.76. The van der Waals surface area contributed by atoms with Gasteiger partial charge in [-0.25, -0.2) is 4.68 Å². The van der Waals surface area contributed by atoms with Crippen molar-refractivity contribution in [1.82, 2.24) is 19.9 Å². The molecule has 0 aliphatic carbocycles. The number of thiophene rings is 1. The van der Waals surface area contributed by atoms with E-state index in [1.165, 1.54) is 15.4 Å². The largest absolute Gasteiger partial charge is 0.378 e. The third kappa shape index (κ3) is 2.92. The Morgan fingerprint density at radius 1 is 1.35 bits per heavy atom. The van der Waals surface area contributed by atoms with Crippen molar-refractivity contribution in [2.75, 3.05) is 13.7 Å². The van der Waals surface area contributed by atoms with Gasteiger partial charge in [-0.1, -0.05) is 5.21 Å². The summed E-state index contributed by atoms with van der Waals surface area (Å²) in [5, 5.41) is 8.48. The summed E-state index contributed by atoms with van der Waals surface area (Å²) in [6.45, 7) is 6.67. The standard InChI is InChI=1S/C14H20N4OS/c1-11-4-5-12(20-11)8-17-6-3-7-18-14(9-17)13(10-19-2)15-16-18/h4-5H,3,6-10H2,1-2H3. The zero-order chi connectivity index (χ0) is 13.9. The first-order valence-electron chi connectivity index (χ1n) is 6.94. The van der Waals surface area contributed by atoms with Crippen molar-refractivity contribution < 1.29 is 4.74 Å². The van der Waals surface area contributed by atoms with Gasteiger partial charge in [0, 0.05) is 43.0 Å². The average molecular weight is 292 g/mol. The summed E-state index contributed by atoms with van der Waals surface area (Å²) in [6.07, 6.45) is 1.12. The van der Waals surface area contributed by atoms with Crippen LogP contribution in [0.25, 0.3) is 0 Å². The molecule has 0 bridgehead atoms. The van der Waals surface area contributed by atoms with Gasteiger partial charge in [0.2, 0.25) is 0 Å². The van der Waals surface area contributed by atoms with Gasteiger partial charge < -0.3 is 4.74 Å². The van der Waals surface area contributed by atoms with E-state index < -0.39 is 0 Å². The van der Waals surface area contributed by atoms with E-state index in [1.54, 1.807) is 7.11 Å². The molecular weight excluding hydrogens is 272 g/mol. The molecule has 0 saturated carbocycles. The van der Waals surface area contributed by atoms with E-state index in [9.17, 15) is 0 Å². The SMILES string of the molecule is COCc1nnn2c1CN(Cc1ccc(C)s1)CCC2. The van der Waals surface area contributed by atoms with Crippen molar-refractivity contribution in [2.24, 2.45) is 0 Å². The predicted octanol–water partition coefficient (Wildman–Crippen LogP) is 2.20. The molecule has 0 spiro atoms. The van der Waals surface area contributed by atoms with Crippen LogP contribution in [0.15, 0.2) is 12.1 Å². The van der Waals surface area contributed by atoms with Crippen LogP contribution >= 0.6 is 11.3 Å². The number of rotatable bonds is 4. The Bertz CT molecular complexity index is 577. The van der Waals surface area contributed by atoms with Crippen LogP contribution in [-0.2, 0) is 31.0 Å². The second-order valence-corrected chi connectivity index (χ2v) is 6.59. The maximum absolute atomic E-state index is 5.22. The highest BCUT2D eigenvalue weighted by atomic mass is 32.1. The minimum atomic E-state index is 0.543. The second kappa shape index (κ2) is 6.03. The van der Waals surface area contributed by atoms with E-state index in [4.69, 9.17) is 4.74 Å². The topological polar surface area (TPSA) is 43.2 Å². The van der Waals surface area contributed by atoms with E-state index in [0.29, 0.717) is 6.61 Å². The number of hydrogen-bond donors (Lipinski definition) is 0. The molecule has 0 atom stereocenters. The molecule has 0 unspecified atom stereocenters. The number of ether oxygens (including phenoxy) is 1. The van der Waals surface area contributed by atoms with Crippen LogP contribution in [0.2, 0.25) is 0 Å². The number of hydrogen-bond acceptors (Lipinski definition) is 5. The fourth-order valence-corrected chi connectivity index (χ4v) is 3.56. The van der Waals surface area contributed by atoms with E-state index in [-0.39, 0.29) is 0 Å². The molecule has 1 aliphatic heterocycles. The molecule has 0 radical (unpaired) electrons. The number of aromatic nitrogens is 3. The highest BCUT2D eigenvalue weighted by molar-refractivity contribution is 7.11. The summed E-state index contributed by atoms with van der Waals surface area (Å²) in [7, 11) is 1.70. The lowest BCUT2D eigenvalue weighted by Gasteiger charge is -2.18. The average Bonchev–Trinajstić information content (AvgIpc) is 2.93. The highest BCUT2D eigenvalue weighted by Crippen LogP contribution is 2.21. The minimum Gasteiger partial charge on any atom is -0.378 e. The summed E-state index contributed by atoms with van der Waals surface area (Å²) in [6, 6.07) is 4.43. The smallest absolute Gasteiger partial charge is 0.113 e. The van der Waals surface area contributed by atoms with Gasteiger partial charge in [-0.3, -0.25) is 4.90 Å². The van der Waals surface area contributed by atoms with Crippen LogP contribution < -0.4 is 0 Å². The second-order valence-electron chi connectivity index (χ2n) is 5.22. The summed E-state index contributed by atoms with van der Waals surface area (Å²) in [5.41, 5.74) is 2.18. The molecule has 5 nitrogen and oxygen atoms in total. The summed E-state index contributed by atoms with van der Waals surface area (Å²) in [5.74, 6) is 0. The van der Waals surface area contributed by atoms with Crippen molar-refractivity contribution >= 4 is 11.3 Å². The Morgan fingerprint density at radius 2 is 2.25 bits per heavy atom. The summed E-state index contributed by atoms with van der Waals surface area (Å²) >= 11 is 1.88. The number of fused-ring (bicyclic) bond motifs is 1. The van der Waals surface area contributed by atoms with Crippen molar-refractivity contribution in [1.29, 1.82) is 0 Å². The third-order valence-corrected chi connectivity index (χ3v) is 4.58. The van der Waals surface area contributed by atoms with Gasteiger partial charge in [0.1, 0.15) is 5.69 Å². The summed E-state index contributed by atoms with van der Waals surface area (Å²) < 4.78 is 7.25. The normalized spacial score (nSPS) is 16.1. The Hall–Kier alpha value is -1.24. The van der Waals surface area contributed by atoms with Crippen LogP contribution in [0, 0.1) is 6.92 Å². The molecule has 0 fully saturated rings. The molecule has 6 heteroatoms. The van der Waals surface area contributed by atoms with Gasteiger partial charge in [0.25, 0.3) is 0 Å². The Balaban J connectivity index is 1.76. The third-order valence-electron chi connectivity index (χ3n) is 3.59. The first-order valence-corrected chi connectivity index (χ1v) is 7.76. The molecule has 3 rings (SSSR count). The van der Waals surface area contributed by atoms with Gasteiger partial charge in [-0.15, -0.1) is 16.4 Å². The van der Waals surface area contributed by atoms with E-state index >= 15 is 0 Å². The Morgan fingerprint density at radius 3 is 3.00 bits per heavy atom. The molecule has 0 N–H and O–H groups in total. The lowest BCUT2D eigenvalue weighted by Crippen LogP contribution is -2.22. The molecule has 0 saturated heterocycles. The summed E-state index contributed by atoms with van der Waals surface area (Å²) in [4.78, 5) is 5.28. The van der Waals surface area contributed by atoms with Crippen LogP contribution in [0.3, 0.4) is 0 Å². The lowest BCUT2D eigenvalue weighted by molar-refractivity contribution is 0.178. The molecule has 20 heavy (non-hydrogen) atoms. The number of nitrogens with zero attached hydrogens (tertiary/aromatic N) is 4. The number of methoxy groups -OCH3 is 1. The van der Waals surface area contributed by atoms with Gasteiger partial charge in [-0.2, -0.15) is 0 Å². The molecular formula is C14H20N4OS. The van der Waals surface area contributed by atoms with Crippen molar-refractivity contribution in [2.45, 2.75) is 39.6 Å². The zero-order valence-corrected chi connectivity index (χ0v) is 12.8. The van der Waals surface area contributed by atoms with Gasteiger partial charge >= 0.3 is 0 Å². The quantitative estimate of drug-likeness (QED) is 0.866. The van der Waals surface area contributed by atoms with E-state index in [2.05, 4.69) is 34.3 Å². The molecule has 1 aliphatic rings. The van der Waals surface area contributed by atoms with Crippen LogP contribution in [0.5, 0.6) is 0 Å². The first kappa shape index (κ1) is 13.7. The Labute approximate surface area is 123 Å². The van der Waals surface area contributed by atoms with Crippen molar-refractivity contribution in [3.8, 4) is 0 Å². The van der Waals surface area contributed by atoms with Gasteiger partial charge in [0.05, 0.1) is 12.3 Å². The fourth-order valence-electron chi connectivity index (χ4n) is 2.63. The molecule has 0 amide bonds. The highest BCUT2D eigenvalue weighted by Gasteiger charge is 2.20. The fraction of sp³-hybridized carbons (Fsp3) is 0.571. The van der Waals surface area contributed by atoms with Crippen LogP contribution in [0.4, 0.5) is 0 Å². The van der Waals surface area contributed by atoms with Crippen LogP contribution in [-0.4, -0.2) is 33.5 Å². The monoisotopic (exact) mass is 292 g/mol. The van der Waals surface area contributed by atoms with Gasteiger partial charge in [-0.05, 0) is 25.5 Å². The predicted molar refractivity (Wildman–Crippen MR) is 78.5 cm³/mol. The molecule has 2 aromatic rings. The van der Waals surface area contributed by atoms with Crippen molar-refractivity contribution in [3.63, 3.8) is 0 Å². The van der Waals surface area contributed by atoms with Crippen molar-refractivity contribution in [3.05, 3.63) is 33.3 Å². The van der Waals surface area contributed by atoms with Crippen LogP contribution in [0.1, 0.15) is 27.6 Å². The Kier molecular flexibility index (Phi) is 4.14. The molecule has 0 aromatic carbocycles. The van der Waals surface area contributed by atoms with Gasteiger partial charge in [0.15, 0.2) is 0 Å². The lowest BCUT2D eigenvalue weighted by atomic mass is 10.3.